The van der Waals surface area contributed by atoms with Crippen molar-refractivity contribution in [3.8, 4) is 0 Å². The Morgan fingerprint density at radius 2 is 1.94 bits per heavy atom. The largest absolute Gasteiger partial charge is 0.391 e. The highest BCUT2D eigenvalue weighted by Gasteiger charge is 2.08. The minimum atomic E-state index is -0.712. The summed E-state index contributed by atoms with van der Waals surface area (Å²) in [5, 5.41) is 11.7. The van der Waals surface area contributed by atoms with Gasteiger partial charge in [0.2, 0.25) is 0 Å². The molecule has 0 atom stereocenters. The van der Waals surface area contributed by atoms with Gasteiger partial charge in [0.05, 0.1) is 6.61 Å². The fourth-order valence-electron chi connectivity index (χ4n) is 1.32. The molecule has 0 spiro atoms. The van der Waals surface area contributed by atoms with Crippen LogP contribution in [0.25, 0.3) is 6.08 Å². The van der Waals surface area contributed by atoms with Crippen molar-refractivity contribution in [1.29, 1.82) is 0 Å². The number of halogens is 2. The zero-order valence-corrected chi connectivity index (χ0v) is 9.13. The lowest BCUT2D eigenvalue weighted by Crippen LogP contribution is -2.05. The van der Waals surface area contributed by atoms with E-state index in [0.717, 1.165) is 13.0 Å². The fraction of sp³-hybridized carbons (Fsp3) is 0.333. The number of rotatable bonds is 5. The molecule has 0 heterocycles. The lowest BCUT2D eigenvalue weighted by atomic mass is 10.1. The number of hydrogen-bond donors (Lipinski definition) is 2. The van der Waals surface area contributed by atoms with Crippen molar-refractivity contribution in [2.75, 3.05) is 13.6 Å². The quantitative estimate of drug-likeness (QED) is 0.755. The first-order valence-electron chi connectivity index (χ1n) is 5.09. The van der Waals surface area contributed by atoms with Crippen molar-refractivity contribution in [2.45, 2.75) is 13.0 Å². The maximum atomic E-state index is 13.2. The molecule has 0 aliphatic carbocycles. The Kier molecular flexibility index (Phi) is 5.08. The summed E-state index contributed by atoms with van der Waals surface area (Å²) >= 11 is 0. The van der Waals surface area contributed by atoms with Crippen LogP contribution < -0.4 is 5.32 Å². The zero-order valence-electron chi connectivity index (χ0n) is 9.13. The molecule has 4 heteroatoms. The first-order chi connectivity index (χ1) is 7.69. The highest BCUT2D eigenvalue weighted by Crippen LogP contribution is 2.16. The van der Waals surface area contributed by atoms with Crippen molar-refractivity contribution in [2.24, 2.45) is 0 Å². The van der Waals surface area contributed by atoms with Crippen LogP contribution in [-0.4, -0.2) is 18.7 Å². The Hall–Kier alpha value is -1.26. The summed E-state index contributed by atoms with van der Waals surface area (Å²) in [5.74, 6) is -1.42. The van der Waals surface area contributed by atoms with E-state index in [-0.39, 0.29) is 5.56 Å². The fourth-order valence-corrected chi connectivity index (χ4v) is 1.32. The highest BCUT2D eigenvalue weighted by molar-refractivity contribution is 5.50. The Morgan fingerprint density at radius 1 is 1.31 bits per heavy atom. The Bertz CT molecular complexity index is 354. The molecule has 2 N–H and O–H groups in total. The lowest BCUT2D eigenvalue weighted by molar-refractivity contribution is 0.269. The normalized spacial score (nSPS) is 11.2. The van der Waals surface area contributed by atoms with Crippen LogP contribution in [0.2, 0.25) is 0 Å². The van der Waals surface area contributed by atoms with E-state index in [1.165, 1.54) is 12.1 Å². The van der Waals surface area contributed by atoms with Gasteiger partial charge in [0, 0.05) is 5.56 Å². The molecule has 0 bridgehead atoms. The first-order valence-corrected chi connectivity index (χ1v) is 5.09. The monoisotopic (exact) mass is 227 g/mol. The third-order valence-corrected chi connectivity index (χ3v) is 2.19. The second kappa shape index (κ2) is 6.35. The molecule has 0 amide bonds. The van der Waals surface area contributed by atoms with E-state index in [4.69, 9.17) is 5.11 Å². The summed E-state index contributed by atoms with van der Waals surface area (Å²) in [6.45, 7) is 0.192. The molecular formula is C12H15F2NO. The molecule has 0 fully saturated rings. The van der Waals surface area contributed by atoms with Crippen molar-refractivity contribution < 1.29 is 13.9 Å². The second-order valence-corrected chi connectivity index (χ2v) is 3.42. The number of hydrogen-bond acceptors (Lipinski definition) is 2. The minimum absolute atomic E-state index is 0.285. The summed E-state index contributed by atoms with van der Waals surface area (Å²) < 4.78 is 26.5. The third kappa shape index (κ3) is 3.40. The predicted octanol–water partition coefficient (Wildman–Crippen LogP) is 2.08. The molecule has 1 aromatic carbocycles. The standard InChI is InChI=1S/C12H15F2NO/c1-15-5-3-2-4-9-6-11(13)10(8-16)12(14)7-9/h2,4,6-7,15-16H,3,5,8H2,1H3. The van der Waals surface area contributed by atoms with Crippen LogP contribution in [0.15, 0.2) is 18.2 Å². The third-order valence-electron chi connectivity index (χ3n) is 2.19. The molecule has 0 aromatic heterocycles. The van der Waals surface area contributed by atoms with Crippen molar-refractivity contribution in [3.05, 3.63) is 41.0 Å². The Labute approximate surface area is 93.6 Å². The summed E-state index contributed by atoms with van der Waals surface area (Å²) in [6.07, 6.45) is 4.29. The number of aliphatic hydroxyl groups is 1. The van der Waals surface area contributed by atoms with E-state index in [0.29, 0.717) is 5.56 Å². The van der Waals surface area contributed by atoms with Crippen molar-refractivity contribution >= 4 is 6.08 Å². The molecule has 0 saturated heterocycles. The van der Waals surface area contributed by atoms with Crippen molar-refractivity contribution in [1.82, 2.24) is 5.32 Å². The number of aliphatic hydroxyl groups excluding tert-OH is 1. The zero-order chi connectivity index (χ0) is 12.0. The van der Waals surface area contributed by atoms with E-state index >= 15 is 0 Å². The van der Waals surface area contributed by atoms with Gasteiger partial charge < -0.3 is 10.4 Å². The van der Waals surface area contributed by atoms with E-state index in [1.807, 2.05) is 13.1 Å². The van der Waals surface area contributed by atoms with Gasteiger partial charge in [-0.15, -0.1) is 0 Å². The van der Waals surface area contributed by atoms with Gasteiger partial charge in [-0.2, -0.15) is 0 Å². The van der Waals surface area contributed by atoms with Crippen LogP contribution in [0.4, 0.5) is 8.78 Å². The number of benzene rings is 1. The summed E-state index contributed by atoms with van der Waals surface area (Å²) in [4.78, 5) is 0. The molecule has 0 aliphatic rings. The molecule has 0 radical (unpaired) electrons. The summed E-state index contributed by atoms with van der Waals surface area (Å²) in [6, 6.07) is 2.43. The van der Waals surface area contributed by atoms with Gasteiger partial charge in [-0.25, -0.2) is 8.78 Å². The van der Waals surface area contributed by atoms with Crippen LogP contribution in [-0.2, 0) is 6.61 Å². The van der Waals surface area contributed by atoms with E-state index in [2.05, 4.69) is 5.32 Å². The van der Waals surface area contributed by atoms with Crippen LogP contribution in [0.1, 0.15) is 17.5 Å². The lowest BCUT2D eigenvalue weighted by Gasteiger charge is -2.02. The Morgan fingerprint density at radius 3 is 2.44 bits per heavy atom. The first kappa shape index (κ1) is 12.8. The van der Waals surface area contributed by atoms with Crippen LogP contribution in [0.5, 0.6) is 0 Å². The minimum Gasteiger partial charge on any atom is -0.391 e. The average molecular weight is 227 g/mol. The predicted molar refractivity (Wildman–Crippen MR) is 59.9 cm³/mol. The highest BCUT2D eigenvalue weighted by atomic mass is 19.1. The molecule has 1 aromatic rings. The van der Waals surface area contributed by atoms with Gasteiger partial charge in [0.25, 0.3) is 0 Å². The van der Waals surface area contributed by atoms with Crippen molar-refractivity contribution in [3.63, 3.8) is 0 Å². The maximum absolute atomic E-state index is 13.2. The molecule has 16 heavy (non-hydrogen) atoms. The molecule has 1 rings (SSSR count). The van der Waals surface area contributed by atoms with E-state index in [9.17, 15) is 8.78 Å². The van der Waals surface area contributed by atoms with Gasteiger partial charge in [-0.3, -0.25) is 0 Å². The number of nitrogens with one attached hydrogen (secondary N) is 1. The second-order valence-electron chi connectivity index (χ2n) is 3.42. The molecular weight excluding hydrogens is 212 g/mol. The smallest absolute Gasteiger partial charge is 0.132 e. The topological polar surface area (TPSA) is 32.3 Å². The molecule has 0 saturated carbocycles. The van der Waals surface area contributed by atoms with Gasteiger partial charge >= 0.3 is 0 Å². The van der Waals surface area contributed by atoms with Crippen LogP contribution >= 0.6 is 0 Å². The average Bonchev–Trinajstić information content (AvgIpc) is 2.24. The van der Waals surface area contributed by atoms with Crippen LogP contribution in [0, 0.1) is 11.6 Å². The SMILES string of the molecule is CNCCC=Cc1cc(F)c(CO)c(F)c1. The summed E-state index contributed by atoms with van der Waals surface area (Å²) in [5.41, 5.74) is 0.177. The maximum Gasteiger partial charge on any atom is 0.132 e. The van der Waals surface area contributed by atoms with Gasteiger partial charge in [-0.1, -0.05) is 12.2 Å². The van der Waals surface area contributed by atoms with Gasteiger partial charge in [0.15, 0.2) is 0 Å². The molecule has 2 nitrogen and oxygen atoms in total. The van der Waals surface area contributed by atoms with E-state index in [1.54, 1.807) is 6.08 Å². The molecule has 88 valence electrons. The Balaban J connectivity index is 2.79. The van der Waals surface area contributed by atoms with E-state index < -0.39 is 18.2 Å². The van der Waals surface area contributed by atoms with Gasteiger partial charge in [-0.05, 0) is 37.7 Å². The molecule has 0 unspecified atom stereocenters. The molecule has 0 aliphatic heterocycles. The van der Waals surface area contributed by atoms with Crippen LogP contribution in [0.3, 0.4) is 0 Å². The van der Waals surface area contributed by atoms with Gasteiger partial charge in [0.1, 0.15) is 11.6 Å². The summed E-state index contributed by atoms with van der Waals surface area (Å²) in [7, 11) is 1.84.